The fraction of sp³-hybridized carbons (Fsp3) is 0.750. The average Bonchev–Trinajstić information content (AvgIpc) is 1.68. The van der Waals surface area contributed by atoms with Crippen molar-refractivity contribution in [1.29, 1.82) is 0 Å². The molecule has 0 aliphatic heterocycles. The molecule has 0 aromatic heterocycles. The van der Waals surface area contributed by atoms with Gasteiger partial charge < -0.3 is 4.84 Å². The molecule has 0 saturated carbocycles. The maximum Gasteiger partial charge on any atom is 0.205 e. The summed E-state index contributed by atoms with van der Waals surface area (Å²) in [6.07, 6.45) is 0. The van der Waals surface area contributed by atoms with Crippen molar-refractivity contribution in [3.05, 3.63) is 0 Å². The van der Waals surface area contributed by atoms with Crippen molar-refractivity contribution >= 4 is 5.90 Å². The fourth-order valence-electron chi connectivity index (χ4n) is 0.193. The van der Waals surface area contributed by atoms with Crippen LogP contribution >= 0.6 is 0 Å². The van der Waals surface area contributed by atoms with Gasteiger partial charge in [0.25, 0.3) is 0 Å². The SMILES string of the molecule is C/N=C(/C)ONC. The third-order valence-electron chi connectivity index (χ3n) is 0.565. The third kappa shape index (κ3) is 3.26. The van der Waals surface area contributed by atoms with Gasteiger partial charge in [0.05, 0.1) is 0 Å². The first-order valence-corrected chi connectivity index (χ1v) is 2.08. The Labute approximate surface area is 43.3 Å². The Bertz CT molecular complexity index is 70.1. The van der Waals surface area contributed by atoms with Crippen molar-refractivity contribution in [3.63, 3.8) is 0 Å². The Morgan fingerprint density at radius 2 is 2.29 bits per heavy atom. The summed E-state index contributed by atoms with van der Waals surface area (Å²) in [6, 6.07) is 0. The lowest BCUT2D eigenvalue weighted by atomic mass is 10.8. The second-order valence-corrected chi connectivity index (χ2v) is 1.05. The van der Waals surface area contributed by atoms with Gasteiger partial charge in [-0.25, -0.2) is 0 Å². The predicted octanol–water partition coefficient (Wildman–Crippen LogP) is 0.186. The van der Waals surface area contributed by atoms with Gasteiger partial charge in [-0.3, -0.25) is 4.99 Å². The zero-order valence-corrected chi connectivity index (χ0v) is 4.86. The molecule has 0 fully saturated rings. The molecule has 0 radical (unpaired) electrons. The Balaban J connectivity index is 3.17. The zero-order valence-electron chi connectivity index (χ0n) is 4.86. The lowest BCUT2D eigenvalue weighted by Gasteiger charge is -1.96. The summed E-state index contributed by atoms with van der Waals surface area (Å²) in [5, 5.41) is 0. The lowest BCUT2D eigenvalue weighted by Crippen LogP contribution is -2.11. The van der Waals surface area contributed by atoms with E-state index in [4.69, 9.17) is 4.84 Å². The summed E-state index contributed by atoms with van der Waals surface area (Å²) in [5.41, 5.74) is 2.49. The summed E-state index contributed by atoms with van der Waals surface area (Å²) in [6.45, 7) is 1.77. The van der Waals surface area contributed by atoms with E-state index >= 15 is 0 Å². The molecule has 42 valence electrons. The second-order valence-electron chi connectivity index (χ2n) is 1.05. The van der Waals surface area contributed by atoms with E-state index in [9.17, 15) is 0 Å². The Hall–Kier alpha value is -0.570. The van der Waals surface area contributed by atoms with Gasteiger partial charge in [-0.1, -0.05) is 0 Å². The molecule has 0 aliphatic rings. The number of hydrogen-bond donors (Lipinski definition) is 1. The van der Waals surface area contributed by atoms with Crippen molar-refractivity contribution < 1.29 is 4.84 Å². The predicted molar refractivity (Wildman–Crippen MR) is 29.2 cm³/mol. The standard InChI is InChI=1S/C4H10N2O/c1-4(5-2)7-6-3/h6H,1-3H3/b5-4-. The molecule has 0 bridgehead atoms. The van der Waals surface area contributed by atoms with Crippen molar-refractivity contribution in [2.45, 2.75) is 6.92 Å². The van der Waals surface area contributed by atoms with Gasteiger partial charge in [0.2, 0.25) is 5.90 Å². The van der Waals surface area contributed by atoms with Crippen molar-refractivity contribution in [1.82, 2.24) is 5.48 Å². The van der Waals surface area contributed by atoms with Gasteiger partial charge in [-0.15, -0.1) is 0 Å². The van der Waals surface area contributed by atoms with Crippen LogP contribution in [-0.2, 0) is 4.84 Å². The van der Waals surface area contributed by atoms with Crippen LogP contribution in [0.15, 0.2) is 4.99 Å². The van der Waals surface area contributed by atoms with Crippen LogP contribution in [0.1, 0.15) is 6.92 Å². The molecule has 0 aromatic carbocycles. The Kier molecular flexibility index (Phi) is 3.32. The number of nitrogens with one attached hydrogen (secondary N) is 1. The van der Waals surface area contributed by atoms with Gasteiger partial charge >= 0.3 is 0 Å². The quantitative estimate of drug-likeness (QED) is 0.291. The van der Waals surface area contributed by atoms with Gasteiger partial charge in [-0.2, -0.15) is 5.48 Å². The van der Waals surface area contributed by atoms with Crippen LogP contribution in [0, 0.1) is 0 Å². The van der Waals surface area contributed by atoms with Crippen molar-refractivity contribution in [3.8, 4) is 0 Å². The van der Waals surface area contributed by atoms with E-state index in [0.717, 1.165) is 0 Å². The summed E-state index contributed by atoms with van der Waals surface area (Å²) < 4.78 is 0. The van der Waals surface area contributed by atoms with Gasteiger partial charge in [0.15, 0.2) is 0 Å². The summed E-state index contributed by atoms with van der Waals surface area (Å²) in [4.78, 5) is 8.40. The highest BCUT2D eigenvalue weighted by molar-refractivity contribution is 5.72. The molecule has 3 nitrogen and oxygen atoms in total. The van der Waals surface area contributed by atoms with Gasteiger partial charge in [-0.05, 0) is 0 Å². The first kappa shape index (κ1) is 6.43. The molecular formula is C4H10N2O. The molecule has 7 heavy (non-hydrogen) atoms. The van der Waals surface area contributed by atoms with E-state index in [0.29, 0.717) is 5.90 Å². The Morgan fingerprint density at radius 1 is 1.71 bits per heavy atom. The summed E-state index contributed by atoms with van der Waals surface area (Å²) in [5.74, 6) is 0.641. The van der Waals surface area contributed by atoms with Gasteiger partial charge in [0, 0.05) is 21.0 Å². The van der Waals surface area contributed by atoms with E-state index in [-0.39, 0.29) is 0 Å². The summed E-state index contributed by atoms with van der Waals surface area (Å²) >= 11 is 0. The Morgan fingerprint density at radius 3 is 2.43 bits per heavy atom. The second kappa shape index (κ2) is 3.61. The molecule has 0 unspecified atom stereocenters. The number of rotatable bonds is 1. The normalized spacial score (nSPS) is 11.6. The van der Waals surface area contributed by atoms with Crippen LogP contribution in [0.2, 0.25) is 0 Å². The topological polar surface area (TPSA) is 33.6 Å². The molecule has 0 saturated heterocycles. The maximum atomic E-state index is 4.69. The fourth-order valence-corrected chi connectivity index (χ4v) is 0.193. The highest BCUT2D eigenvalue weighted by Crippen LogP contribution is 1.70. The molecule has 1 N–H and O–H groups in total. The first-order valence-electron chi connectivity index (χ1n) is 2.08. The number of aliphatic imine (C=N–C) groups is 1. The number of hydrogen-bond acceptors (Lipinski definition) is 3. The van der Waals surface area contributed by atoms with E-state index < -0.39 is 0 Å². The lowest BCUT2D eigenvalue weighted by molar-refractivity contribution is 0.206. The molecule has 0 aliphatic carbocycles. The van der Waals surface area contributed by atoms with Crippen LogP contribution in [0.3, 0.4) is 0 Å². The zero-order chi connectivity index (χ0) is 5.70. The minimum absolute atomic E-state index is 0.641. The van der Waals surface area contributed by atoms with Crippen LogP contribution < -0.4 is 5.48 Å². The number of hydroxylamine groups is 1. The van der Waals surface area contributed by atoms with Crippen molar-refractivity contribution in [2.75, 3.05) is 14.1 Å². The van der Waals surface area contributed by atoms with Crippen LogP contribution in [0.25, 0.3) is 0 Å². The maximum absolute atomic E-state index is 4.69. The molecule has 0 rings (SSSR count). The smallest absolute Gasteiger partial charge is 0.205 e. The number of nitrogens with zero attached hydrogens (tertiary/aromatic N) is 1. The highest BCUT2D eigenvalue weighted by atomic mass is 16.6. The molecule has 0 atom stereocenters. The minimum atomic E-state index is 0.641. The molecule has 0 spiro atoms. The highest BCUT2D eigenvalue weighted by Gasteiger charge is 1.79. The summed E-state index contributed by atoms with van der Waals surface area (Å²) in [7, 11) is 3.36. The van der Waals surface area contributed by atoms with E-state index in [1.165, 1.54) is 0 Å². The monoisotopic (exact) mass is 102 g/mol. The van der Waals surface area contributed by atoms with E-state index in [1.807, 2.05) is 0 Å². The van der Waals surface area contributed by atoms with E-state index in [2.05, 4.69) is 10.5 Å². The van der Waals surface area contributed by atoms with E-state index in [1.54, 1.807) is 21.0 Å². The van der Waals surface area contributed by atoms with Crippen molar-refractivity contribution in [2.24, 2.45) is 4.99 Å². The van der Waals surface area contributed by atoms with Crippen LogP contribution in [-0.4, -0.2) is 20.0 Å². The third-order valence-corrected chi connectivity index (χ3v) is 0.565. The molecule has 0 heterocycles. The van der Waals surface area contributed by atoms with Crippen LogP contribution in [0.5, 0.6) is 0 Å². The molecule has 3 heteroatoms. The first-order chi connectivity index (χ1) is 3.31. The average molecular weight is 102 g/mol. The largest absolute Gasteiger partial charge is 0.394 e. The molecular weight excluding hydrogens is 92.1 g/mol. The van der Waals surface area contributed by atoms with Crippen LogP contribution in [0.4, 0.5) is 0 Å². The molecule has 0 aromatic rings. The molecule has 0 amide bonds. The van der Waals surface area contributed by atoms with Gasteiger partial charge in [0.1, 0.15) is 0 Å². The minimum Gasteiger partial charge on any atom is -0.394 e.